The summed E-state index contributed by atoms with van der Waals surface area (Å²) in [7, 11) is 3.10. The van der Waals surface area contributed by atoms with Crippen LogP contribution < -0.4 is 20.5 Å². The van der Waals surface area contributed by atoms with Gasteiger partial charge >= 0.3 is 0 Å². The van der Waals surface area contributed by atoms with Gasteiger partial charge in [-0.1, -0.05) is 0 Å². The maximum atomic E-state index is 12.2. The molecule has 0 saturated heterocycles. The molecule has 5 heteroatoms. The number of hydrogen-bond acceptors (Lipinski definition) is 4. The highest BCUT2D eigenvalue weighted by Crippen LogP contribution is 2.35. The topological polar surface area (TPSA) is 73.6 Å². The van der Waals surface area contributed by atoms with Crippen molar-refractivity contribution in [2.45, 2.75) is 18.4 Å². The number of nitrogens with one attached hydrogen (secondary N) is 1. The number of hydrogen-bond donors (Lipinski definition) is 2. The van der Waals surface area contributed by atoms with Crippen LogP contribution in [0.5, 0.6) is 11.5 Å². The first-order valence-corrected chi connectivity index (χ1v) is 5.89. The third-order valence-corrected chi connectivity index (χ3v) is 3.27. The number of benzene rings is 1. The van der Waals surface area contributed by atoms with Crippen LogP contribution in [0.1, 0.15) is 23.2 Å². The lowest BCUT2D eigenvalue weighted by Crippen LogP contribution is -2.42. The number of methoxy groups -OCH3 is 2. The largest absolute Gasteiger partial charge is 0.497 e. The Morgan fingerprint density at radius 1 is 1.39 bits per heavy atom. The number of carbonyl (C=O) groups is 1. The minimum absolute atomic E-state index is 0.172. The van der Waals surface area contributed by atoms with Crippen molar-refractivity contribution in [2.24, 2.45) is 5.73 Å². The van der Waals surface area contributed by atoms with E-state index in [2.05, 4.69) is 5.32 Å². The SMILES string of the molecule is COc1ccc(OC)c(C(=O)NC2(CN)CC2)c1. The smallest absolute Gasteiger partial charge is 0.255 e. The van der Waals surface area contributed by atoms with Gasteiger partial charge in [-0.05, 0) is 31.0 Å². The summed E-state index contributed by atoms with van der Waals surface area (Å²) in [5.74, 6) is 0.980. The minimum atomic E-state index is -0.217. The Labute approximate surface area is 106 Å². The molecule has 3 N–H and O–H groups in total. The predicted molar refractivity (Wildman–Crippen MR) is 68.0 cm³/mol. The molecule has 1 aliphatic carbocycles. The maximum Gasteiger partial charge on any atom is 0.255 e. The third kappa shape index (κ3) is 2.41. The highest BCUT2D eigenvalue weighted by atomic mass is 16.5. The Balaban J connectivity index is 2.22. The van der Waals surface area contributed by atoms with Crippen LogP contribution in [-0.4, -0.2) is 32.2 Å². The molecule has 0 atom stereocenters. The molecule has 18 heavy (non-hydrogen) atoms. The fraction of sp³-hybridized carbons (Fsp3) is 0.462. The van der Waals surface area contributed by atoms with E-state index in [9.17, 15) is 4.79 Å². The van der Waals surface area contributed by atoms with Crippen LogP contribution in [0, 0.1) is 0 Å². The van der Waals surface area contributed by atoms with Crippen molar-refractivity contribution in [1.29, 1.82) is 0 Å². The lowest BCUT2D eigenvalue weighted by atomic mass is 10.1. The first-order valence-electron chi connectivity index (χ1n) is 5.89. The fourth-order valence-corrected chi connectivity index (χ4v) is 1.83. The molecule has 98 valence electrons. The Hall–Kier alpha value is -1.75. The third-order valence-electron chi connectivity index (χ3n) is 3.27. The van der Waals surface area contributed by atoms with E-state index >= 15 is 0 Å². The molecular weight excluding hydrogens is 232 g/mol. The average molecular weight is 250 g/mol. The summed E-state index contributed by atoms with van der Waals surface area (Å²) < 4.78 is 10.3. The summed E-state index contributed by atoms with van der Waals surface area (Å²) in [5.41, 5.74) is 5.90. The molecule has 1 aliphatic rings. The zero-order chi connectivity index (χ0) is 13.2. The van der Waals surface area contributed by atoms with Crippen molar-refractivity contribution < 1.29 is 14.3 Å². The van der Waals surface area contributed by atoms with Gasteiger partial charge in [-0.3, -0.25) is 4.79 Å². The fourth-order valence-electron chi connectivity index (χ4n) is 1.83. The number of ether oxygens (including phenoxy) is 2. The standard InChI is InChI=1S/C13H18N2O3/c1-17-9-3-4-11(18-2)10(7-9)12(16)15-13(8-14)5-6-13/h3-4,7H,5-6,8,14H2,1-2H3,(H,15,16). The molecule has 1 aromatic rings. The number of rotatable bonds is 5. The van der Waals surface area contributed by atoms with Crippen molar-refractivity contribution in [3.05, 3.63) is 23.8 Å². The van der Waals surface area contributed by atoms with Gasteiger partial charge in [-0.25, -0.2) is 0 Å². The molecule has 0 aliphatic heterocycles. The molecule has 0 unspecified atom stereocenters. The molecule has 1 aromatic carbocycles. The van der Waals surface area contributed by atoms with Crippen molar-refractivity contribution in [1.82, 2.24) is 5.32 Å². The van der Waals surface area contributed by atoms with Crippen LogP contribution in [0.2, 0.25) is 0 Å². The van der Waals surface area contributed by atoms with Gasteiger partial charge in [0.1, 0.15) is 11.5 Å². The number of amides is 1. The summed E-state index contributed by atoms with van der Waals surface area (Å²) in [4.78, 5) is 12.2. The van der Waals surface area contributed by atoms with Gasteiger partial charge in [0.25, 0.3) is 5.91 Å². The summed E-state index contributed by atoms with van der Waals surface area (Å²) in [5, 5.41) is 2.96. The van der Waals surface area contributed by atoms with Gasteiger partial charge in [-0.15, -0.1) is 0 Å². The van der Waals surface area contributed by atoms with Crippen LogP contribution in [0.15, 0.2) is 18.2 Å². The highest BCUT2D eigenvalue weighted by molar-refractivity contribution is 5.98. The van der Waals surface area contributed by atoms with Gasteiger partial charge in [0.05, 0.1) is 25.3 Å². The van der Waals surface area contributed by atoms with Crippen molar-refractivity contribution in [3.8, 4) is 11.5 Å². The first-order chi connectivity index (χ1) is 8.64. The molecule has 1 saturated carbocycles. The summed E-state index contributed by atoms with van der Waals surface area (Å²) >= 11 is 0. The van der Waals surface area contributed by atoms with E-state index in [-0.39, 0.29) is 11.4 Å². The van der Waals surface area contributed by atoms with E-state index in [1.807, 2.05) is 0 Å². The molecule has 0 radical (unpaired) electrons. The summed E-state index contributed by atoms with van der Waals surface area (Å²) in [6, 6.07) is 5.14. The van der Waals surface area contributed by atoms with Gasteiger partial charge in [-0.2, -0.15) is 0 Å². The van der Waals surface area contributed by atoms with E-state index in [0.29, 0.717) is 23.6 Å². The minimum Gasteiger partial charge on any atom is -0.497 e. The zero-order valence-electron chi connectivity index (χ0n) is 10.7. The van der Waals surface area contributed by atoms with Gasteiger partial charge in [0.15, 0.2) is 0 Å². The average Bonchev–Trinajstić information content (AvgIpc) is 3.18. The maximum absolute atomic E-state index is 12.2. The molecular formula is C13H18N2O3. The normalized spacial score (nSPS) is 15.9. The van der Waals surface area contributed by atoms with E-state index < -0.39 is 0 Å². The molecule has 0 bridgehead atoms. The predicted octanol–water partition coefficient (Wildman–Crippen LogP) is 0.925. The lowest BCUT2D eigenvalue weighted by Gasteiger charge is -2.16. The van der Waals surface area contributed by atoms with Gasteiger partial charge in [0, 0.05) is 6.54 Å². The summed E-state index contributed by atoms with van der Waals surface area (Å²) in [6.45, 7) is 0.463. The van der Waals surface area contributed by atoms with E-state index in [4.69, 9.17) is 15.2 Å². The van der Waals surface area contributed by atoms with Gasteiger partial charge in [0.2, 0.25) is 0 Å². The van der Waals surface area contributed by atoms with Crippen molar-refractivity contribution in [3.63, 3.8) is 0 Å². The van der Waals surface area contributed by atoms with E-state index in [1.165, 1.54) is 7.11 Å². The van der Waals surface area contributed by atoms with E-state index in [0.717, 1.165) is 12.8 Å². The van der Waals surface area contributed by atoms with E-state index in [1.54, 1.807) is 25.3 Å². The second kappa shape index (κ2) is 4.86. The van der Waals surface area contributed by atoms with Crippen molar-refractivity contribution in [2.75, 3.05) is 20.8 Å². The molecule has 0 heterocycles. The van der Waals surface area contributed by atoms with Gasteiger partial charge < -0.3 is 20.5 Å². The molecule has 2 rings (SSSR count). The van der Waals surface area contributed by atoms with Crippen LogP contribution in [0.4, 0.5) is 0 Å². The van der Waals surface area contributed by atoms with Crippen LogP contribution in [-0.2, 0) is 0 Å². The Morgan fingerprint density at radius 2 is 2.11 bits per heavy atom. The molecule has 1 amide bonds. The van der Waals surface area contributed by atoms with Crippen LogP contribution in [0.25, 0.3) is 0 Å². The lowest BCUT2D eigenvalue weighted by molar-refractivity contribution is 0.0929. The highest BCUT2D eigenvalue weighted by Gasteiger charge is 2.43. The molecule has 0 spiro atoms. The number of carbonyl (C=O) groups excluding carboxylic acids is 1. The second-order valence-electron chi connectivity index (χ2n) is 4.50. The second-order valence-corrected chi connectivity index (χ2v) is 4.50. The first kappa shape index (κ1) is 12.7. The Bertz CT molecular complexity index is 456. The monoisotopic (exact) mass is 250 g/mol. The zero-order valence-corrected chi connectivity index (χ0v) is 10.7. The van der Waals surface area contributed by atoms with Crippen molar-refractivity contribution >= 4 is 5.91 Å². The molecule has 1 fully saturated rings. The summed E-state index contributed by atoms with van der Waals surface area (Å²) in [6.07, 6.45) is 1.86. The Morgan fingerprint density at radius 3 is 2.61 bits per heavy atom. The number of nitrogens with two attached hydrogens (primary N) is 1. The Kier molecular flexibility index (Phi) is 3.43. The van der Waals surface area contributed by atoms with Crippen LogP contribution in [0.3, 0.4) is 0 Å². The molecule has 0 aromatic heterocycles. The quantitative estimate of drug-likeness (QED) is 0.815. The molecule has 5 nitrogen and oxygen atoms in total. The van der Waals surface area contributed by atoms with Crippen LogP contribution >= 0.6 is 0 Å².